The molecule has 4 nitrogen and oxygen atoms in total. The van der Waals surface area contributed by atoms with E-state index in [1.165, 1.54) is 38.5 Å². The average Bonchev–Trinajstić information content (AvgIpc) is 2.72. The molecule has 0 bridgehead atoms. The first-order valence-electron chi connectivity index (χ1n) is 11.3. The molecule has 0 heterocycles. The summed E-state index contributed by atoms with van der Waals surface area (Å²) in [6.45, 7) is 4.95. The minimum absolute atomic E-state index is 0.255. The van der Waals surface area contributed by atoms with Gasteiger partial charge in [-0.1, -0.05) is 76.7 Å². The van der Waals surface area contributed by atoms with Crippen LogP contribution >= 0.6 is 0 Å². The smallest absolute Gasteiger partial charge is 0.310 e. The molecular weight excluding hydrogens is 352 g/mol. The molecule has 0 radical (unpaired) electrons. The summed E-state index contributed by atoms with van der Waals surface area (Å²) < 4.78 is 10.8. The highest BCUT2D eigenvalue weighted by Crippen LogP contribution is 2.32. The Hall–Kier alpha value is -1.58. The Bertz CT molecular complexity index is 437. The van der Waals surface area contributed by atoms with Crippen LogP contribution in [0.3, 0.4) is 0 Å². The average molecular weight is 393 g/mol. The van der Waals surface area contributed by atoms with E-state index in [-0.39, 0.29) is 23.8 Å². The molecular formula is C24H40O4. The first kappa shape index (κ1) is 24.5. The highest BCUT2D eigenvalue weighted by Gasteiger charge is 2.37. The van der Waals surface area contributed by atoms with Gasteiger partial charge in [0.1, 0.15) is 13.2 Å². The van der Waals surface area contributed by atoms with Crippen molar-refractivity contribution in [2.75, 3.05) is 13.2 Å². The summed E-state index contributed by atoms with van der Waals surface area (Å²) in [6, 6.07) is 0. The zero-order valence-electron chi connectivity index (χ0n) is 18.0. The van der Waals surface area contributed by atoms with Gasteiger partial charge in [0.15, 0.2) is 0 Å². The van der Waals surface area contributed by atoms with E-state index in [1.54, 1.807) is 0 Å². The molecule has 0 aliphatic heterocycles. The topological polar surface area (TPSA) is 52.6 Å². The van der Waals surface area contributed by atoms with Gasteiger partial charge >= 0.3 is 11.9 Å². The Morgan fingerprint density at radius 3 is 1.54 bits per heavy atom. The van der Waals surface area contributed by atoms with Gasteiger partial charge in [-0.3, -0.25) is 9.59 Å². The standard InChI is InChI=1S/C24H40O4/c1-3-5-7-9-11-15-19-27-23(25)21-17-13-14-18-22(21)24(26)28-20-16-12-10-8-6-4-2/h11-12,15-16,21-22H,3-10,13-14,17-20H2,1-2H3/b15-11+,16-12+. The van der Waals surface area contributed by atoms with Crippen molar-refractivity contribution in [3.05, 3.63) is 24.3 Å². The lowest BCUT2D eigenvalue weighted by Crippen LogP contribution is -2.35. The number of rotatable bonds is 14. The van der Waals surface area contributed by atoms with Crippen LogP contribution in [0, 0.1) is 11.8 Å². The van der Waals surface area contributed by atoms with Gasteiger partial charge in [0.05, 0.1) is 11.8 Å². The van der Waals surface area contributed by atoms with Crippen LogP contribution in [0.1, 0.15) is 90.9 Å². The van der Waals surface area contributed by atoms with Gasteiger partial charge in [-0.15, -0.1) is 0 Å². The molecule has 0 N–H and O–H groups in total. The summed E-state index contributed by atoms with van der Waals surface area (Å²) >= 11 is 0. The summed E-state index contributed by atoms with van der Waals surface area (Å²) in [6.07, 6.45) is 20.6. The van der Waals surface area contributed by atoms with E-state index in [0.29, 0.717) is 26.1 Å². The second-order valence-electron chi connectivity index (χ2n) is 7.69. The molecule has 0 aromatic rings. The van der Waals surface area contributed by atoms with E-state index < -0.39 is 0 Å². The number of carbonyl (C=O) groups is 2. The fraction of sp³-hybridized carbons (Fsp3) is 0.750. The molecule has 2 atom stereocenters. The van der Waals surface area contributed by atoms with Crippen molar-refractivity contribution in [2.24, 2.45) is 11.8 Å². The molecule has 1 aliphatic rings. The molecule has 0 aromatic heterocycles. The molecule has 0 amide bonds. The summed E-state index contributed by atoms with van der Waals surface area (Å²) in [5, 5.41) is 0. The minimum atomic E-state index is -0.358. The van der Waals surface area contributed by atoms with Crippen molar-refractivity contribution in [2.45, 2.75) is 90.9 Å². The normalized spacial score (nSPS) is 19.9. The van der Waals surface area contributed by atoms with Gasteiger partial charge in [-0.05, 0) is 38.5 Å². The predicted molar refractivity (Wildman–Crippen MR) is 114 cm³/mol. The number of esters is 2. The molecule has 28 heavy (non-hydrogen) atoms. The molecule has 1 aliphatic carbocycles. The number of hydrogen-bond acceptors (Lipinski definition) is 4. The van der Waals surface area contributed by atoms with Crippen molar-refractivity contribution in [3.63, 3.8) is 0 Å². The van der Waals surface area contributed by atoms with Crippen molar-refractivity contribution < 1.29 is 19.1 Å². The minimum Gasteiger partial charge on any atom is -0.461 e. The SMILES string of the molecule is CCCCC/C=C/COC(=O)C1CCCCC1C(=O)OC/C=C/CCCCC. The van der Waals surface area contributed by atoms with Crippen LogP contribution in [0.4, 0.5) is 0 Å². The number of hydrogen-bond donors (Lipinski definition) is 0. The third-order valence-corrected chi connectivity index (χ3v) is 5.30. The highest BCUT2D eigenvalue weighted by atomic mass is 16.5. The Morgan fingerprint density at radius 2 is 1.14 bits per heavy atom. The zero-order valence-corrected chi connectivity index (χ0v) is 18.0. The molecule has 160 valence electrons. The molecule has 0 aromatic carbocycles. The van der Waals surface area contributed by atoms with E-state index >= 15 is 0 Å². The van der Waals surface area contributed by atoms with Crippen LogP contribution in [0.5, 0.6) is 0 Å². The summed E-state index contributed by atoms with van der Waals surface area (Å²) in [4.78, 5) is 24.9. The lowest BCUT2D eigenvalue weighted by atomic mass is 9.79. The Balaban J connectivity index is 2.34. The van der Waals surface area contributed by atoms with Gasteiger partial charge in [0, 0.05) is 0 Å². The van der Waals surface area contributed by atoms with Gasteiger partial charge < -0.3 is 9.47 Å². The number of unbranched alkanes of at least 4 members (excludes halogenated alkanes) is 6. The van der Waals surface area contributed by atoms with Crippen molar-refractivity contribution in [3.8, 4) is 0 Å². The third kappa shape index (κ3) is 10.7. The molecule has 4 heteroatoms. The fourth-order valence-corrected chi connectivity index (χ4v) is 3.57. The summed E-state index contributed by atoms with van der Waals surface area (Å²) in [7, 11) is 0. The number of allylic oxidation sites excluding steroid dienone is 2. The van der Waals surface area contributed by atoms with E-state index in [9.17, 15) is 9.59 Å². The Kier molecular flexibility index (Phi) is 14.3. The van der Waals surface area contributed by atoms with E-state index in [0.717, 1.165) is 25.7 Å². The summed E-state index contributed by atoms with van der Waals surface area (Å²) in [5.41, 5.74) is 0. The second kappa shape index (κ2) is 16.4. The largest absolute Gasteiger partial charge is 0.461 e. The zero-order chi connectivity index (χ0) is 20.5. The first-order chi connectivity index (χ1) is 13.7. The molecule has 0 spiro atoms. The molecule has 0 saturated heterocycles. The van der Waals surface area contributed by atoms with Gasteiger partial charge in [0.2, 0.25) is 0 Å². The fourth-order valence-electron chi connectivity index (χ4n) is 3.57. The lowest BCUT2D eigenvalue weighted by molar-refractivity contribution is -0.161. The van der Waals surface area contributed by atoms with Crippen LogP contribution in [0.2, 0.25) is 0 Å². The number of ether oxygens (including phenoxy) is 2. The maximum atomic E-state index is 12.4. The quantitative estimate of drug-likeness (QED) is 0.202. The predicted octanol–water partition coefficient (Wildman–Crippen LogP) is 6.15. The lowest BCUT2D eigenvalue weighted by Gasteiger charge is -2.28. The van der Waals surface area contributed by atoms with Crippen LogP contribution in [0.25, 0.3) is 0 Å². The van der Waals surface area contributed by atoms with Crippen molar-refractivity contribution in [1.82, 2.24) is 0 Å². The van der Waals surface area contributed by atoms with Crippen LogP contribution in [0.15, 0.2) is 24.3 Å². The Morgan fingerprint density at radius 1 is 0.714 bits per heavy atom. The van der Waals surface area contributed by atoms with Crippen molar-refractivity contribution in [1.29, 1.82) is 0 Å². The monoisotopic (exact) mass is 392 g/mol. The van der Waals surface area contributed by atoms with Gasteiger partial charge in [-0.25, -0.2) is 0 Å². The van der Waals surface area contributed by atoms with Crippen LogP contribution < -0.4 is 0 Å². The Labute approximate surface area is 171 Å². The maximum Gasteiger partial charge on any atom is 0.310 e. The van der Waals surface area contributed by atoms with E-state index in [4.69, 9.17) is 9.47 Å². The van der Waals surface area contributed by atoms with Crippen LogP contribution in [-0.4, -0.2) is 25.2 Å². The van der Waals surface area contributed by atoms with E-state index in [2.05, 4.69) is 26.0 Å². The molecule has 1 saturated carbocycles. The van der Waals surface area contributed by atoms with Gasteiger partial charge in [-0.2, -0.15) is 0 Å². The van der Waals surface area contributed by atoms with Crippen molar-refractivity contribution >= 4 is 11.9 Å². The van der Waals surface area contributed by atoms with E-state index in [1.807, 2.05) is 12.2 Å². The molecule has 1 rings (SSSR count). The maximum absolute atomic E-state index is 12.4. The highest BCUT2D eigenvalue weighted by molar-refractivity contribution is 5.82. The second-order valence-corrected chi connectivity index (χ2v) is 7.69. The number of carbonyl (C=O) groups excluding carboxylic acids is 2. The molecule has 2 unspecified atom stereocenters. The summed E-state index contributed by atoms with van der Waals surface area (Å²) in [5.74, 6) is -1.23. The first-order valence-corrected chi connectivity index (χ1v) is 11.3. The van der Waals surface area contributed by atoms with Crippen LogP contribution in [-0.2, 0) is 19.1 Å². The van der Waals surface area contributed by atoms with Gasteiger partial charge in [0.25, 0.3) is 0 Å². The molecule has 1 fully saturated rings. The third-order valence-electron chi connectivity index (χ3n) is 5.30.